The van der Waals surface area contributed by atoms with Crippen molar-refractivity contribution in [1.82, 2.24) is 10.1 Å². The Morgan fingerprint density at radius 2 is 1.94 bits per heavy atom. The van der Waals surface area contributed by atoms with Gasteiger partial charge in [0.15, 0.2) is 0 Å². The lowest BCUT2D eigenvalue weighted by Gasteiger charge is -2.17. The largest absolute Gasteiger partial charge is 0.371 e. The summed E-state index contributed by atoms with van der Waals surface area (Å²) in [4.78, 5) is 4.34. The van der Waals surface area contributed by atoms with E-state index in [1.165, 1.54) is 0 Å². The Morgan fingerprint density at radius 1 is 1.28 bits per heavy atom. The zero-order valence-corrected chi connectivity index (χ0v) is 10.8. The van der Waals surface area contributed by atoms with E-state index < -0.39 is 5.60 Å². The first-order chi connectivity index (χ1) is 8.56. The van der Waals surface area contributed by atoms with Gasteiger partial charge in [-0.2, -0.15) is 4.98 Å². The molecule has 1 heterocycles. The summed E-state index contributed by atoms with van der Waals surface area (Å²) in [5.74, 6) is 1.02. The Labute approximate surface area is 106 Å². The van der Waals surface area contributed by atoms with Crippen LogP contribution in [0.4, 0.5) is 0 Å². The number of ether oxygens (including phenoxy) is 1. The average Bonchev–Trinajstić information content (AvgIpc) is 2.89. The second-order valence-electron chi connectivity index (χ2n) is 4.54. The van der Waals surface area contributed by atoms with Crippen molar-refractivity contribution >= 4 is 0 Å². The third-order valence-electron chi connectivity index (χ3n) is 2.91. The normalized spacial score (nSPS) is 11.8. The topological polar surface area (TPSA) is 74.2 Å². The zero-order valence-electron chi connectivity index (χ0n) is 10.8. The van der Waals surface area contributed by atoms with E-state index in [1.807, 2.05) is 38.1 Å². The molecular weight excluding hydrogens is 230 g/mol. The van der Waals surface area contributed by atoms with Crippen LogP contribution in [0.1, 0.15) is 25.2 Å². The fourth-order valence-corrected chi connectivity index (χ4v) is 1.46. The van der Waals surface area contributed by atoms with Crippen LogP contribution in [0, 0.1) is 0 Å². The first kappa shape index (κ1) is 12.7. The van der Waals surface area contributed by atoms with Crippen molar-refractivity contribution in [3.63, 3.8) is 0 Å². The van der Waals surface area contributed by atoms with Crippen molar-refractivity contribution in [1.29, 1.82) is 0 Å². The van der Waals surface area contributed by atoms with E-state index in [0.29, 0.717) is 18.3 Å². The molecular formula is C13H17N3O2. The van der Waals surface area contributed by atoms with Crippen molar-refractivity contribution in [2.24, 2.45) is 5.73 Å². The highest BCUT2D eigenvalue weighted by Gasteiger charge is 2.26. The lowest BCUT2D eigenvalue weighted by molar-refractivity contribution is 0.00973. The Kier molecular flexibility index (Phi) is 3.45. The van der Waals surface area contributed by atoms with Crippen LogP contribution in [0.25, 0.3) is 11.5 Å². The van der Waals surface area contributed by atoms with Gasteiger partial charge in [-0.3, -0.25) is 0 Å². The van der Waals surface area contributed by atoms with Gasteiger partial charge in [-0.25, -0.2) is 0 Å². The Bertz CT molecular complexity index is 517. The van der Waals surface area contributed by atoms with Crippen LogP contribution in [0.5, 0.6) is 0 Å². The van der Waals surface area contributed by atoms with E-state index in [2.05, 4.69) is 10.1 Å². The van der Waals surface area contributed by atoms with Crippen LogP contribution in [-0.2, 0) is 16.9 Å². The molecule has 0 saturated carbocycles. The van der Waals surface area contributed by atoms with Crippen LogP contribution >= 0.6 is 0 Å². The molecule has 0 saturated heterocycles. The standard InChI is InChI=1S/C13H17N3O2/c1-13(2,17-3)12-15-11(18-16-12)10-6-4-9(8-14)5-7-10/h4-7H,8,14H2,1-3H3. The molecule has 0 unspecified atom stereocenters. The molecule has 0 atom stereocenters. The molecule has 0 aliphatic rings. The molecule has 2 N–H and O–H groups in total. The molecule has 5 nitrogen and oxygen atoms in total. The monoisotopic (exact) mass is 247 g/mol. The molecule has 96 valence electrons. The maximum Gasteiger partial charge on any atom is 0.258 e. The van der Waals surface area contributed by atoms with E-state index in [-0.39, 0.29) is 0 Å². The lowest BCUT2D eigenvalue weighted by atomic mass is 10.1. The molecule has 0 radical (unpaired) electrons. The van der Waals surface area contributed by atoms with Gasteiger partial charge in [0.05, 0.1) is 0 Å². The molecule has 0 amide bonds. The fraction of sp³-hybridized carbons (Fsp3) is 0.385. The van der Waals surface area contributed by atoms with Crippen molar-refractivity contribution in [3.8, 4) is 11.5 Å². The second kappa shape index (κ2) is 4.88. The quantitative estimate of drug-likeness (QED) is 0.895. The predicted octanol–water partition coefficient (Wildman–Crippen LogP) is 2.08. The summed E-state index contributed by atoms with van der Waals surface area (Å²) in [6.07, 6.45) is 0. The third-order valence-corrected chi connectivity index (χ3v) is 2.91. The summed E-state index contributed by atoms with van der Waals surface area (Å²) >= 11 is 0. The van der Waals surface area contributed by atoms with Crippen LogP contribution in [0.3, 0.4) is 0 Å². The van der Waals surface area contributed by atoms with E-state index in [9.17, 15) is 0 Å². The number of hydrogen-bond acceptors (Lipinski definition) is 5. The van der Waals surface area contributed by atoms with E-state index in [0.717, 1.165) is 11.1 Å². The van der Waals surface area contributed by atoms with Gasteiger partial charge in [-0.15, -0.1) is 0 Å². The highest BCUT2D eigenvalue weighted by atomic mass is 16.5. The minimum Gasteiger partial charge on any atom is -0.371 e. The summed E-state index contributed by atoms with van der Waals surface area (Å²) in [5, 5.41) is 3.94. The number of benzene rings is 1. The van der Waals surface area contributed by atoms with Crippen molar-refractivity contribution in [2.45, 2.75) is 26.0 Å². The summed E-state index contributed by atoms with van der Waals surface area (Å²) in [6, 6.07) is 7.72. The summed E-state index contributed by atoms with van der Waals surface area (Å²) in [7, 11) is 1.62. The molecule has 0 bridgehead atoms. The Balaban J connectivity index is 2.29. The van der Waals surface area contributed by atoms with E-state index >= 15 is 0 Å². The molecule has 2 aromatic rings. The maximum absolute atomic E-state index is 5.55. The molecule has 18 heavy (non-hydrogen) atoms. The van der Waals surface area contributed by atoms with Gasteiger partial charge in [0.1, 0.15) is 5.60 Å². The highest BCUT2D eigenvalue weighted by molar-refractivity contribution is 5.53. The van der Waals surface area contributed by atoms with Crippen LogP contribution < -0.4 is 5.73 Å². The molecule has 0 aliphatic carbocycles. The van der Waals surface area contributed by atoms with Gasteiger partial charge in [0.2, 0.25) is 5.82 Å². The number of hydrogen-bond donors (Lipinski definition) is 1. The zero-order chi connectivity index (χ0) is 13.2. The number of nitrogens with two attached hydrogens (primary N) is 1. The summed E-state index contributed by atoms with van der Waals surface area (Å²) in [6.45, 7) is 4.30. The number of rotatable bonds is 4. The molecule has 0 spiro atoms. The van der Waals surface area contributed by atoms with Gasteiger partial charge in [0.25, 0.3) is 5.89 Å². The van der Waals surface area contributed by atoms with Crippen LogP contribution in [0.2, 0.25) is 0 Å². The van der Waals surface area contributed by atoms with E-state index in [1.54, 1.807) is 7.11 Å². The minimum absolute atomic E-state index is 0.485. The molecule has 2 rings (SSSR count). The summed E-state index contributed by atoms with van der Waals surface area (Å²) in [5.41, 5.74) is 6.93. The van der Waals surface area contributed by atoms with Gasteiger partial charge >= 0.3 is 0 Å². The molecule has 0 fully saturated rings. The Morgan fingerprint density at radius 3 is 2.50 bits per heavy atom. The average molecular weight is 247 g/mol. The van der Waals surface area contributed by atoms with Gasteiger partial charge in [-0.05, 0) is 31.5 Å². The lowest BCUT2D eigenvalue weighted by Crippen LogP contribution is -2.21. The highest BCUT2D eigenvalue weighted by Crippen LogP contribution is 2.24. The van der Waals surface area contributed by atoms with Crippen LogP contribution in [0.15, 0.2) is 28.8 Å². The van der Waals surface area contributed by atoms with E-state index in [4.69, 9.17) is 15.0 Å². The van der Waals surface area contributed by atoms with Gasteiger partial charge < -0.3 is 15.0 Å². The first-order valence-corrected chi connectivity index (χ1v) is 5.75. The number of aromatic nitrogens is 2. The molecule has 1 aromatic heterocycles. The first-order valence-electron chi connectivity index (χ1n) is 5.75. The number of methoxy groups -OCH3 is 1. The van der Waals surface area contributed by atoms with Crippen LogP contribution in [-0.4, -0.2) is 17.3 Å². The SMILES string of the molecule is COC(C)(C)c1noc(-c2ccc(CN)cc2)n1. The number of nitrogens with zero attached hydrogens (tertiary/aromatic N) is 2. The van der Waals surface area contributed by atoms with Crippen molar-refractivity contribution < 1.29 is 9.26 Å². The maximum atomic E-state index is 5.55. The minimum atomic E-state index is -0.557. The second-order valence-corrected chi connectivity index (χ2v) is 4.54. The fourth-order valence-electron chi connectivity index (χ4n) is 1.46. The summed E-state index contributed by atoms with van der Waals surface area (Å²) < 4.78 is 10.5. The third kappa shape index (κ3) is 2.42. The van der Waals surface area contributed by atoms with Crippen molar-refractivity contribution in [2.75, 3.05) is 7.11 Å². The van der Waals surface area contributed by atoms with Gasteiger partial charge in [0, 0.05) is 19.2 Å². The molecule has 0 aliphatic heterocycles. The smallest absolute Gasteiger partial charge is 0.258 e. The molecule has 5 heteroatoms. The molecule has 1 aromatic carbocycles. The van der Waals surface area contributed by atoms with Gasteiger partial charge in [-0.1, -0.05) is 17.3 Å². The predicted molar refractivity (Wildman–Crippen MR) is 67.7 cm³/mol. The Hall–Kier alpha value is -1.72. The van der Waals surface area contributed by atoms with Crippen molar-refractivity contribution in [3.05, 3.63) is 35.7 Å².